The molecule has 0 aliphatic carbocycles. The first-order valence-electron chi connectivity index (χ1n) is 9.58. The Hall–Kier alpha value is -2.95. The van der Waals surface area contributed by atoms with Crippen molar-refractivity contribution in [2.75, 3.05) is 6.54 Å². The zero-order valence-electron chi connectivity index (χ0n) is 16.2. The van der Waals surface area contributed by atoms with E-state index in [2.05, 4.69) is 17.0 Å². The van der Waals surface area contributed by atoms with Gasteiger partial charge in [0.1, 0.15) is 6.17 Å². The van der Waals surface area contributed by atoms with E-state index in [1.165, 1.54) is 5.56 Å². The highest BCUT2D eigenvalue weighted by Gasteiger charge is 2.39. The Kier molecular flexibility index (Phi) is 5.74. The van der Waals surface area contributed by atoms with Gasteiger partial charge in [-0.3, -0.25) is 9.69 Å². The summed E-state index contributed by atoms with van der Waals surface area (Å²) in [5, 5.41) is 7.01. The molecule has 146 valence electrons. The minimum absolute atomic E-state index is 0.0110. The molecular weight excluding hydrogens is 382 g/mol. The summed E-state index contributed by atoms with van der Waals surface area (Å²) in [5.41, 5.74) is 3.93. The third kappa shape index (κ3) is 4.39. The lowest BCUT2D eigenvalue weighted by Gasteiger charge is -2.28. The molecule has 3 aromatic carbocycles. The van der Waals surface area contributed by atoms with Crippen LogP contribution in [-0.4, -0.2) is 28.1 Å². The Balaban J connectivity index is 1.68. The summed E-state index contributed by atoms with van der Waals surface area (Å²) >= 11 is 6.00. The number of carbonyl (C=O) groups is 1. The number of hydrazone groups is 1. The molecular formula is C24H22ClN3O. The van der Waals surface area contributed by atoms with Crippen molar-refractivity contribution in [3.05, 3.63) is 107 Å². The third-order valence-corrected chi connectivity index (χ3v) is 5.27. The first-order chi connectivity index (χ1) is 14.1. The smallest absolute Gasteiger partial charge is 0.258 e. The zero-order chi connectivity index (χ0) is 20.2. The van der Waals surface area contributed by atoms with Crippen molar-refractivity contribution in [3.63, 3.8) is 0 Å². The van der Waals surface area contributed by atoms with Gasteiger partial charge in [0.2, 0.25) is 0 Å². The summed E-state index contributed by atoms with van der Waals surface area (Å²) < 4.78 is 0. The first kappa shape index (κ1) is 19.4. The molecule has 0 radical (unpaired) electrons. The largest absolute Gasteiger partial charge is 0.271 e. The molecule has 3 aromatic rings. The number of hydrogen-bond donors (Lipinski definition) is 0. The third-order valence-electron chi connectivity index (χ3n) is 5.02. The second-order valence-corrected chi connectivity index (χ2v) is 7.54. The van der Waals surface area contributed by atoms with Crippen molar-refractivity contribution >= 4 is 23.2 Å². The lowest BCUT2D eigenvalue weighted by molar-refractivity contribution is -0.128. The van der Waals surface area contributed by atoms with E-state index in [0.717, 1.165) is 16.8 Å². The normalized spacial score (nSPS) is 17.7. The van der Waals surface area contributed by atoms with Crippen LogP contribution in [0.4, 0.5) is 0 Å². The van der Waals surface area contributed by atoms with E-state index in [9.17, 15) is 4.79 Å². The van der Waals surface area contributed by atoms with Crippen LogP contribution in [0.2, 0.25) is 5.02 Å². The van der Waals surface area contributed by atoms with E-state index in [-0.39, 0.29) is 12.1 Å². The molecule has 0 N–H and O–H groups in total. The summed E-state index contributed by atoms with van der Waals surface area (Å²) in [4.78, 5) is 15.1. The highest BCUT2D eigenvalue weighted by atomic mass is 35.5. The van der Waals surface area contributed by atoms with Gasteiger partial charge in [-0.15, -0.1) is 0 Å². The molecule has 0 bridgehead atoms. The molecule has 29 heavy (non-hydrogen) atoms. The van der Waals surface area contributed by atoms with Crippen LogP contribution in [-0.2, 0) is 11.3 Å². The fraction of sp³-hybridized carbons (Fsp3) is 0.167. The van der Waals surface area contributed by atoms with Gasteiger partial charge in [0, 0.05) is 11.6 Å². The number of nitrogens with zero attached hydrogens (tertiary/aromatic N) is 3. The minimum atomic E-state index is -0.244. The van der Waals surface area contributed by atoms with Gasteiger partial charge in [0.15, 0.2) is 0 Å². The molecule has 1 aliphatic heterocycles. The van der Waals surface area contributed by atoms with Crippen LogP contribution in [0.5, 0.6) is 0 Å². The van der Waals surface area contributed by atoms with E-state index >= 15 is 0 Å². The quantitative estimate of drug-likeness (QED) is 0.555. The number of carbonyl (C=O) groups excluding carboxylic acids is 1. The molecule has 1 fully saturated rings. The maximum atomic E-state index is 12.9. The summed E-state index contributed by atoms with van der Waals surface area (Å²) in [7, 11) is 0. The van der Waals surface area contributed by atoms with Gasteiger partial charge in [-0.05, 0) is 35.7 Å². The zero-order valence-corrected chi connectivity index (χ0v) is 17.0. The van der Waals surface area contributed by atoms with Crippen LogP contribution in [0.15, 0.2) is 90.0 Å². The van der Waals surface area contributed by atoms with Crippen LogP contribution in [0.25, 0.3) is 0 Å². The Bertz CT molecular complexity index is 1000. The van der Waals surface area contributed by atoms with Crippen molar-refractivity contribution in [2.45, 2.75) is 19.6 Å². The van der Waals surface area contributed by atoms with Crippen LogP contribution in [0.1, 0.15) is 29.8 Å². The lowest BCUT2D eigenvalue weighted by atomic mass is 10.1. The minimum Gasteiger partial charge on any atom is -0.271 e. The summed E-state index contributed by atoms with van der Waals surface area (Å²) in [6, 6.07) is 27.7. The molecule has 5 heteroatoms. The van der Waals surface area contributed by atoms with Crippen LogP contribution < -0.4 is 0 Å². The number of amides is 1. The highest BCUT2D eigenvalue weighted by Crippen LogP contribution is 2.32. The highest BCUT2D eigenvalue weighted by molar-refractivity contribution is 6.30. The van der Waals surface area contributed by atoms with E-state index in [4.69, 9.17) is 16.7 Å². The SMILES string of the molecule is C/C(=N/N1C(=O)CN(Cc2ccccc2)[C@@H]1c1ccccc1)c1ccc(Cl)cc1. The van der Waals surface area contributed by atoms with E-state index < -0.39 is 0 Å². The van der Waals surface area contributed by atoms with Crippen LogP contribution in [0, 0.1) is 0 Å². The second-order valence-electron chi connectivity index (χ2n) is 7.11. The summed E-state index contributed by atoms with van der Waals surface area (Å²) in [5.74, 6) is -0.0110. The number of rotatable bonds is 5. The van der Waals surface area contributed by atoms with E-state index in [0.29, 0.717) is 18.1 Å². The molecule has 1 atom stereocenters. The van der Waals surface area contributed by atoms with E-state index in [1.54, 1.807) is 5.01 Å². The molecule has 0 saturated carbocycles. The molecule has 0 unspecified atom stereocenters. The summed E-state index contributed by atoms with van der Waals surface area (Å²) in [6.45, 7) is 2.92. The maximum absolute atomic E-state index is 12.9. The number of halogens is 1. The molecule has 0 aromatic heterocycles. The summed E-state index contributed by atoms with van der Waals surface area (Å²) in [6.07, 6.45) is -0.244. The average molecular weight is 404 g/mol. The molecule has 0 spiro atoms. The van der Waals surface area contributed by atoms with Gasteiger partial charge < -0.3 is 0 Å². The van der Waals surface area contributed by atoms with Gasteiger partial charge in [-0.25, -0.2) is 5.01 Å². The van der Waals surface area contributed by atoms with Crippen molar-refractivity contribution in [1.29, 1.82) is 0 Å². The average Bonchev–Trinajstić information content (AvgIpc) is 3.04. The monoisotopic (exact) mass is 403 g/mol. The number of benzene rings is 3. The molecule has 4 rings (SSSR count). The second kappa shape index (κ2) is 8.60. The standard InChI is InChI=1S/C24H22ClN3O/c1-18(20-12-14-22(25)15-13-20)26-28-23(29)17-27(16-19-8-4-2-5-9-19)24(28)21-10-6-3-7-11-21/h2-15,24H,16-17H2,1H3/b26-18-/t24-/m0/s1. The topological polar surface area (TPSA) is 35.9 Å². The molecule has 1 amide bonds. The Labute approximate surface area is 176 Å². The molecule has 4 nitrogen and oxygen atoms in total. The molecule has 1 aliphatic rings. The predicted octanol–water partition coefficient (Wildman–Crippen LogP) is 5.11. The molecule has 1 saturated heterocycles. The Morgan fingerprint density at radius 3 is 2.24 bits per heavy atom. The number of hydrogen-bond acceptors (Lipinski definition) is 3. The van der Waals surface area contributed by atoms with Crippen molar-refractivity contribution < 1.29 is 4.79 Å². The van der Waals surface area contributed by atoms with Gasteiger partial charge in [-0.2, -0.15) is 5.10 Å². The van der Waals surface area contributed by atoms with Gasteiger partial charge in [0.25, 0.3) is 5.91 Å². The Morgan fingerprint density at radius 2 is 1.59 bits per heavy atom. The first-order valence-corrected chi connectivity index (χ1v) is 9.96. The Morgan fingerprint density at radius 1 is 0.966 bits per heavy atom. The van der Waals surface area contributed by atoms with Gasteiger partial charge in [0.05, 0.1) is 12.3 Å². The van der Waals surface area contributed by atoms with Gasteiger partial charge >= 0.3 is 0 Å². The predicted molar refractivity (Wildman–Crippen MR) is 117 cm³/mol. The van der Waals surface area contributed by atoms with E-state index in [1.807, 2.05) is 79.7 Å². The fourth-order valence-corrected chi connectivity index (χ4v) is 3.71. The van der Waals surface area contributed by atoms with Gasteiger partial charge in [-0.1, -0.05) is 84.4 Å². The maximum Gasteiger partial charge on any atom is 0.258 e. The van der Waals surface area contributed by atoms with Crippen molar-refractivity contribution in [3.8, 4) is 0 Å². The van der Waals surface area contributed by atoms with Crippen LogP contribution in [0.3, 0.4) is 0 Å². The lowest BCUT2D eigenvalue weighted by Crippen LogP contribution is -2.29. The van der Waals surface area contributed by atoms with Crippen molar-refractivity contribution in [1.82, 2.24) is 9.91 Å². The van der Waals surface area contributed by atoms with Crippen LogP contribution >= 0.6 is 11.6 Å². The molecule has 1 heterocycles. The fourth-order valence-electron chi connectivity index (χ4n) is 3.58. The van der Waals surface area contributed by atoms with Crippen molar-refractivity contribution in [2.24, 2.45) is 5.10 Å².